The number of carbonyl (C=O) groups excluding carboxylic acids is 1. The third-order valence-electron chi connectivity index (χ3n) is 2.29. The van der Waals surface area contributed by atoms with Crippen LogP contribution in [0.2, 0.25) is 0 Å². The summed E-state index contributed by atoms with van der Waals surface area (Å²) >= 11 is 0. The van der Waals surface area contributed by atoms with E-state index in [1.165, 1.54) is 0 Å². The molecule has 5 heteroatoms. The Morgan fingerprint density at radius 3 is 2.47 bits per heavy atom. The summed E-state index contributed by atoms with van der Waals surface area (Å²) in [6.45, 7) is 4.29. The van der Waals surface area contributed by atoms with Crippen molar-refractivity contribution in [2.24, 2.45) is 17.6 Å². The average molecular weight is 216 g/mol. The number of carbonyl (C=O) groups is 2. The summed E-state index contributed by atoms with van der Waals surface area (Å²) in [7, 11) is 0. The first kappa shape index (κ1) is 13.9. The van der Waals surface area contributed by atoms with Gasteiger partial charge in [-0.1, -0.05) is 13.8 Å². The first-order chi connectivity index (χ1) is 6.97. The van der Waals surface area contributed by atoms with Crippen molar-refractivity contribution >= 4 is 11.9 Å². The van der Waals surface area contributed by atoms with Crippen LogP contribution in [-0.2, 0) is 9.59 Å². The van der Waals surface area contributed by atoms with Crippen LogP contribution in [0.3, 0.4) is 0 Å². The normalized spacial score (nSPS) is 14.3. The molecular formula is C10H20N2O3. The fourth-order valence-corrected chi connectivity index (χ4v) is 0.938. The number of rotatable bonds is 7. The number of nitrogens with one attached hydrogen (secondary N) is 1. The fourth-order valence-electron chi connectivity index (χ4n) is 0.938. The van der Waals surface area contributed by atoms with E-state index >= 15 is 0 Å². The minimum atomic E-state index is -0.898. The van der Waals surface area contributed by atoms with E-state index < -0.39 is 11.9 Å². The molecular weight excluding hydrogens is 196 g/mol. The zero-order valence-electron chi connectivity index (χ0n) is 9.32. The van der Waals surface area contributed by atoms with Gasteiger partial charge in [0.05, 0.1) is 5.92 Å². The van der Waals surface area contributed by atoms with Crippen molar-refractivity contribution in [2.45, 2.75) is 26.7 Å². The Balaban J connectivity index is 3.62. The molecule has 2 atom stereocenters. The van der Waals surface area contributed by atoms with Crippen molar-refractivity contribution in [3.63, 3.8) is 0 Å². The lowest BCUT2D eigenvalue weighted by Crippen LogP contribution is -2.31. The second-order valence-corrected chi connectivity index (χ2v) is 3.92. The van der Waals surface area contributed by atoms with Crippen molar-refractivity contribution in [1.82, 2.24) is 5.32 Å². The molecule has 0 aliphatic carbocycles. The van der Waals surface area contributed by atoms with Crippen LogP contribution in [0.5, 0.6) is 0 Å². The maximum atomic E-state index is 11.2. The van der Waals surface area contributed by atoms with Crippen LogP contribution in [0.1, 0.15) is 26.7 Å². The monoisotopic (exact) mass is 216 g/mol. The van der Waals surface area contributed by atoms with Gasteiger partial charge in [-0.05, 0) is 18.9 Å². The van der Waals surface area contributed by atoms with E-state index in [0.717, 1.165) is 6.42 Å². The van der Waals surface area contributed by atoms with Gasteiger partial charge in [0.15, 0.2) is 0 Å². The van der Waals surface area contributed by atoms with E-state index in [4.69, 9.17) is 10.8 Å². The molecule has 0 saturated carbocycles. The number of carboxylic acids is 1. The average Bonchev–Trinajstić information content (AvgIpc) is 2.21. The lowest BCUT2D eigenvalue weighted by Gasteiger charge is -2.10. The Hall–Kier alpha value is -1.10. The van der Waals surface area contributed by atoms with Crippen LogP contribution in [0.25, 0.3) is 0 Å². The number of nitrogens with two attached hydrogens (primary N) is 1. The topological polar surface area (TPSA) is 92.4 Å². The molecule has 0 fully saturated rings. The highest BCUT2D eigenvalue weighted by Gasteiger charge is 2.12. The molecule has 0 saturated heterocycles. The zero-order chi connectivity index (χ0) is 11.8. The van der Waals surface area contributed by atoms with Crippen LogP contribution in [0.15, 0.2) is 0 Å². The van der Waals surface area contributed by atoms with Crippen molar-refractivity contribution < 1.29 is 14.7 Å². The fraction of sp³-hybridized carbons (Fsp3) is 0.800. The van der Waals surface area contributed by atoms with Crippen LogP contribution in [-0.4, -0.2) is 30.1 Å². The molecule has 0 aromatic rings. The molecule has 2 unspecified atom stereocenters. The van der Waals surface area contributed by atoms with E-state index in [1.54, 1.807) is 6.92 Å². The molecule has 0 spiro atoms. The zero-order valence-corrected chi connectivity index (χ0v) is 9.32. The van der Waals surface area contributed by atoms with Crippen LogP contribution in [0.4, 0.5) is 0 Å². The van der Waals surface area contributed by atoms with E-state index in [0.29, 0.717) is 18.9 Å². The van der Waals surface area contributed by atoms with E-state index in [2.05, 4.69) is 5.32 Å². The Morgan fingerprint density at radius 2 is 2.00 bits per heavy atom. The molecule has 5 nitrogen and oxygen atoms in total. The van der Waals surface area contributed by atoms with Crippen LogP contribution >= 0.6 is 0 Å². The first-order valence-corrected chi connectivity index (χ1v) is 5.17. The molecule has 0 bridgehead atoms. The number of aliphatic carboxylic acids is 1. The lowest BCUT2D eigenvalue weighted by molar-refractivity contribution is -0.141. The summed E-state index contributed by atoms with van der Waals surface area (Å²) in [4.78, 5) is 21.7. The minimum absolute atomic E-state index is 0.108. The lowest BCUT2D eigenvalue weighted by atomic mass is 10.1. The van der Waals surface area contributed by atoms with Gasteiger partial charge in [-0.25, -0.2) is 0 Å². The summed E-state index contributed by atoms with van der Waals surface area (Å²) in [6.07, 6.45) is 1.15. The van der Waals surface area contributed by atoms with Gasteiger partial charge in [0.1, 0.15) is 0 Å². The number of amides is 1. The van der Waals surface area contributed by atoms with E-state index in [-0.39, 0.29) is 12.5 Å². The number of hydrogen-bond donors (Lipinski definition) is 3. The Labute approximate surface area is 90.0 Å². The van der Waals surface area contributed by atoms with E-state index in [1.807, 2.05) is 6.92 Å². The van der Waals surface area contributed by atoms with E-state index in [9.17, 15) is 9.59 Å². The predicted octanol–water partition coefficient (Wildman–Crippen LogP) is 0.198. The summed E-state index contributed by atoms with van der Waals surface area (Å²) in [6, 6.07) is 0. The summed E-state index contributed by atoms with van der Waals surface area (Å²) in [5.41, 5.74) is 5.41. The van der Waals surface area contributed by atoms with Crippen LogP contribution < -0.4 is 11.1 Å². The summed E-state index contributed by atoms with van der Waals surface area (Å²) in [5, 5.41) is 11.2. The second-order valence-electron chi connectivity index (χ2n) is 3.92. The van der Waals surface area contributed by atoms with Gasteiger partial charge in [-0.3, -0.25) is 9.59 Å². The van der Waals surface area contributed by atoms with Gasteiger partial charge in [0, 0.05) is 13.0 Å². The van der Waals surface area contributed by atoms with Crippen molar-refractivity contribution in [3.05, 3.63) is 0 Å². The minimum Gasteiger partial charge on any atom is -0.481 e. The molecule has 15 heavy (non-hydrogen) atoms. The van der Waals surface area contributed by atoms with Crippen molar-refractivity contribution in [3.8, 4) is 0 Å². The summed E-state index contributed by atoms with van der Waals surface area (Å²) < 4.78 is 0. The number of carboxylic acid groups (broad SMARTS) is 1. The molecule has 0 aromatic heterocycles. The molecule has 88 valence electrons. The maximum Gasteiger partial charge on any atom is 0.308 e. The van der Waals surface area contributed by atoms with Crippen LogP contribution in [0, 0.1) is 11.8 Å². The second kappa shape index (κ2) is 7.23. The smallest absolute Gasteiger partial charge is 0.308 e. The largest absolute Gasteiger partial charge is 0.481 e. The molecule has 0 aliphatic rings. The third kappa shape index (κ3) is 6.90. The highest BCUT2D eigenvalue weighted by atomic mass is 16.4. The first-order valence-electron chi connectivity index (χ1n) is 5.17. The molecule has 0 aliphatic heterocycles. The Morgan fingerprint density at radius 1 is 1.40 bits per heavy atom. The molecule has 0 aromatic carbocycles. The molecule has 0 radical (unpaired) electrons. The quantitative estimate of drug-likeness (QED) is 0.566. The third-order valence-corrected chi connectivity index (χ3v) is 2.29. The number of hydrogen-bond acceptors (Lipinski definition) is 3. The van der Waals surface area contributed by atoms with Gasteiger partial charge in [-0.2, -0.15) is 0 Å². The van der Waals surface area contributed by atoms with Gasteiger partial charge >= 0.3 is 5.97 Å². The highest BCUT2D eigenvalue weighted by Crippen LogP contribution is 2.02. The van der Waals surface area contributed by atoms with Gasteiger partial charge in [-0.15, -0.1) is 0 Å². The predicted molar refractivity (Wildman–Crippen MR) is 57.3 cm³/mol. The Kier molecular flexibility index (Phi) is 6.70. The molecule has 0 heterocycles. The standard InChI is InChI=1S/C10H20N2O3/c1-7(5-11)3-4-9(13)12-6-8(2)10(14)15/h7-8H,3-6,11H2,1-2H3,(H,12,13)(H,14,15). The van der Waals surface area contributed by atoms with Gasteiger partial charge in [0.25, 0.3) is 0 Å². The molecule has 0 rings (SSSR count). The Bertz CT molecular complexity index is 219. The van der Waals surface area contributed by atoms with Gasteiger partial charge in [0.2, 0.25) is 5.91 Å². The molecule has 1 amide bonds. The SMILES string of the molecule is CC(CN)CCC(=O)NCC(C)C(=O)O. The molecule has 4 N–H and O–H groups in total. The van der Waals surface area contributed by atoms with Crippen molar-refractivity contribution in [1.29, 1.82) is 0 Å². The van der Waals surface area contributed by atoms with Gasteiger partial charge < -0.3 is 16.2 Å². The highest BCUT2D eigenvalue weighted by molar-refractivity contribution is 5.77. The maximum absolute atomic E-state index is 11.2. The van der Waals surface area contributed by atoms with Crippen molar-refractivity contribution in [2.75, 3.05) is 13.1 Å². The summed E-state index contributed by atoms with van der Waals surface area (Å²) in [5.74, 6) is -1.22.